The third kappa shape index (κ3) is 7.91. The van der Waals surface area contributed by atoms with E-state index in [1.165, 1.54) is 0 Å². The average Bonchev–Trinajstić information content (AvgIpc) is 4.04. The highest BCUT2D eigenvalue weighted by molar-refractivity contribution is 5.86. The minimum absolute atomic E-state index is 0.0978. The van der Waals surface area contributed by atoms with Crippen LogP contribution in [-0.4, -0.2) is 90.4 Å². The normalized spacial score (nSPS) is 18.2. The van der Waals surface area contributed by atoms with Gasteiger partial charge in [0.2, 0.25) is 11.8 Å². The lowest BCUT2D eigenvalue weighted by atomic mass is 10.0. The van der Waals surface area contributed by atoms with E-state index >= 15 is 0 Å². The molecule has 0 aliphatic carbocycles. The topological polar surface area (TPSA) is 151 Å². The van der Waals surface area contributed by atoms with Gasteiger partial charge in [0.05, 0.1) is 35.9 Å². The summed E-state index contributed by atoms with van der Waals surface area (Å²) in [5.41, 5.74) is 6.92. The second-order valence-electron chi connectivity index (χ2n) is 15.0. The fourth-order valence-corrected chi connectivity index (χ4v) is 8.01. The second kappa shape index (κ2) is 16.3. The number of nitrogens with one attached hydrogen (secondary N) is 3. The number of imidazole rings is 2. The van der Waals surface area contributed by atoms with Gasteiger partial charge in [-0.25, -0.2) is 14.8 Å². The highest BCUT2D eigenvalue weighted by Crippen LogP contribution is 2.36. The van der Waals surface area contributed by atoms with E-state index in [0.717, 1.165) is 77.3 Å². The number of rotatable bonds is 12. The van der Waals surface area contributed by atoms with E-state index in [4.69, 9.17) is 4.98 Å². The minimum Gasteiger partial charge on any atom is -0.465 e. The summed E-state index contributed by atoms with van der Waals surface area (Å²) in [5.74, 6) is 1.23. The summed E-state index contributed by atoms with van der Waals surface area (Å²) in [5, 5.41) is 11.7. The Labute approximate surface area is 322 Å². The van der Waals surface area contributed by atoms with Crippen LogP contribution < -0.4 is 5.32 Å². The quantitative estimate of drug-likeness (QED) is 0.104. The van der Waals surface area contributed by atoms with Crippen molar-refractivity contribution in [1.29, 1.82) is 0 Å². The number of nitrogens with zero attached hydrogens (tertiary/aromatic N) is 5. The number of likely N-dealkylation sites (N-methyl/N-ethyl adjacent to an activating group) is 1. The van der Waals surface area contributed by atoms with Gasteiger partial charge in [-0.1, -0.05) is 99.6 Å². The van der Waals surface area contributed by atoms with Crippen LogP contribution in [-0.2, 0) is 9.59 Å². The van der Waals surface area contributed by atoms with Gasteiger partial charge >= 0.3 is 6.09 Å². The zero-order chi connectivity index (χ0) is 38.6. The molecule has 2 aliphatic rings. The van der Waals surface area contributed by atoms with Gasteiger partial charge in [0.25, 0.3) is 0 Å². The molecule has 3 amide bonds. The number of aromatic nitrogens is 4. The van der Waals surface area contributed by atoms with Crippen molar-refractivity contribution >= 4 is 17.9 Å². The third-order valence-electron chi connectivity index (χ3n) is 11.1. The van der Waals surface area contributed by atoms with Crippen molar-refractivity contribution in [2.45, 2.75) is 70.6 Å². The maximum Gasteiger partial charge on any atom is 0.405 e. The molecule has 2 saturated heterocycles. The number of carbonyl (C=O) groups excluding carboxylic acids is 2. The van der Waals surface area contributed by atoms with Gasteiger partial charge in [-0.15, -0.1) is 0 Å². The lowest BCUT2D eigenvalue weighted by Crippen LogP contribution is -2.50. The summed E-state index contributed by atoms with van der Waals surface area (Å²) < 4.78 is 0. The van der Waals surface area contributed by atoms with E-state index in [9.17, 15) is 19.5 Å². The second-order valence-corrected chi connectivity index (χ2v) is 15.0. The van der Waals surface area contributed by atoms with Crippen LogP contribution in [0.4, 0.5) is 4.79 Å². The highest BCUT2D eigenvalue weighted by Gasteiger charge is 2.39. The summed E-state index contributed by atoms with van der Waals surface area (Å²) in [6.45, 7) is 7.79. The van der Waals surface area contributed by atoms with E-state index < -0.39 is 12.1 Å². The maximum absolute atomic E-state index is 14.0. The molecule has 4 heterocycles. The van der Waals surface area contributed by atoms with Crippen molar-refractivity contribution in [1.82, 2.24) is 40.0 Å². The average molecular weight is 743 g/mol. The van der Waals surface area contributed by atoms with E-state index in [1.54, 1.807) is 11.1 Å². The molecule has 4 atom stereocenters. The Morgan fingerprint density at radius 1 is 0.764 bits per heavy atom. The van der Waals surface area contributed by atoms with E-state index in [0.29, 0.717) is 18.9 Å². The summed E-state index contributed by atoms with van der Waals surface area (Å²) in [4.78, 5) is 61.0. The smallest absolute Gasteiger partial charge is 0.405 e. The van der Waals surface area contributed by atoms with Crippen molar-refractivity contribution in [2.24, 2.45) is 5.92 Å². The molecule has 0 radical (unpaired) electrons. The standard InChI is InChI=1S/C43H50N8O4/c1-5-49(4)38(32-11-7-6-8-12-32)42(53)51-24-10-14-36(51)40-45-26-34(47-40)31-21-17-29(18-22-31)28-15-19-30(20-16-28)33-25-44-39(46-33)35-13-9-23-50(35)41(52)37(27(2)3)48-43(54)55/h6-8,11-12,15-22,25-27,35-38,48H,5,9-10,13-14,23-24H2,1-4H3,(H,44,46)(H,45,47)(H,54,55)/t35-,36-,37-,38+/m0/s1. The monoisotopic (exact) mass is 742 g/mol. The molecule has 2 aliphatic heterocycles. The first kappa shape index (κ1) is 37.6. The Bertz CT molecular complexity index is 2090. The number of hydrogen-bond donors (Lipinski definition) is 4. The molecule has 0 saturated carbocycles. The molecule has 2 fully saturated rings. The Morgan fingerprint density at radius 2 is 1.24 bits per heavy atom. The van der Waals surface area contributed by atoms with Gasteiger partial charge in [0.1, 0.15) is 23.7 Å². The van der Waals surface area contributed by atoms with E-state index in [2.05, 4.69) is 80.6 Å². The van der Waals surface area contributed by atoms with Crippen molar-refractivity contribution in [3.8, 4) is 33.6 Å². The Balaban J connectivity index is 1.01. The van der Waals surface area contributed by atoms with Crippen LogP contribution in [0.5, 0.6) is 0 Å². The van der Waals surface area contributed by atoms with Crippen molar-refractivity contribution in [3.63, 3.8) is 0 Å². The van der Waals surface area contributed by atoms with Crippen molar-refractivity contribution in [3.05, 3.63) is 108 Å². The number of carboxylic acid groups (broad SMARTS) is 1. The van der Waals surface area contributed by atoms with E-state index in [-0.39, 0.29) is 35.9 Å². The summed E-state index contributed by atoms with van der Waals surface area (Å²) in [7, 11) is 2.00. The van der Waals surface area contributed by atoms with Crippen LogP contribution in [0.25, 0.3) is 33.6 Å². The van der Waals surface area contributed by atoms with Crippen LogP contribution in [0.2, 0.25) is 0 Å². The van der Waals surface area contributed by atoms with Gasteiger partial charge < -0.3 is 30.2 Å². The van der Waals surface area contributed by atoms with Crippen LogP contribution in [0.1, 0.15) is 81.8 Å². The molecule has 0 spiro atoms. The molecular formula is C43H50N8O4. The number of carbonyl (C=O) groups is 3. The van der Waals surface area contributed by atoms with Gasteiger partial charge in [-0.2, -0.15) is 0 Å². The van der Waals surface area contributed by atoms with E-state index in [1.807, 2.05) is 62.3 Å². The minimum atomic E-state index is -1.20. The largest absolute Gasteiger partial charge is 0.465 e. The highest BCUT2D eigenvalue weighted by atomic mass is 16.4. The fourth-order valence-electron chi connectivity index (χ4n) is 8.01. The number of amides is 3. The summed E-state index contributed by atoms with van der Waals surface area (Å²) in [6, 6.07) is 25.2. The molecule has 7 rings (SSSR count). The molecule has 3 aromatic carbocycles. The third-order valence-corrected chi connectivity index (χ3v) is 11.1. The Hall–Kier alpha value is -5.75. The maximum atomic E-state index is 14.0. The van der Waals surface area contributed by atoms with Crippen molar-refractivity contribution < 1.29 is 19.5 Å². The first-order chi connectivity index (χ1) is 26.6. The van der Waals surface area contributed by atoms with Crippen LogP contribution >= 0.6 is 0 Å². The number of H-pyrrole nitrogens is 2. The number of benzene rings is 3. The molecular weight excluding hydrogens is 693 g/mol. The predicted molar refractivity (Wildman–Crippen MR) is 212 cm³/mol. The Morgan fingerprint density at radius 3 is 1.69 bits per heavy atom. The molecule has 4 N–H and O–H groups in total. The van der Waals surface area contributed by atoms with Crippen LogP contribution in [0.3, 0.4) is 0 Å². The molecule has 0 bridgehead atoms. The molecule has 2 aromatic heterocycles. The van der Waals surface area contributed by atoms with Gasteiger partial charge in [0, 0.05) is 13.1 Å². The fraction of sp³-hybridized carbons (Fsp3) is 0.372. The van der Waals surface area contributed by atoms with Gasteiger partial charge in [0.15, 0.2) is 0 Å². The molecule has 12 heteroatoms. The zero-order valence-corrected chi connectivity index (χ0v) is 31.9. The molecule has 0 unspecified atom stereocenters. The van der Waals surface area contributed by atoms with Crippen LogP contribution in [0, 0.1) is 5.92 Å². The number of likely N-dealkylation sites (tertiary alicyclic amines) is 2. The number of hydrogen-bond acceptors (Lipinski definition) is 6. The summed E-state index contributed by atoms with van der Waals surface area (Å²) >= 11 is 0. The lowest BCUT2D eigenvalue weighted by molar-refractivity contribution is -0.138. The molecule has 12 nitrogen and oxygen atoms in total. The van der Waals surface area contributed by atoms with Gasteiger partial charge in [-0.3, -0.25) is 14.5 Å². The zero-order valence-electron chi connectivity index (χ0n) is 31.9. The summed E-state index contributed by atoms with van der Waals surface area (Å²) in [6.07, 6.45) is 5.84. The molecule has 5 aromatic rings. The first-order valence-electron chi connectivity index (χ1n) is 19.3. The lowest BCUT2D eigenvalue weighted by Gasteiger charge is -2.32. The van der Waals surface area contributed by atoms with Crippen LogP contribution in [0.15, 0.2) is 91.3 Å². The SMILES string of the molecule is CCN(C)[C@@H](C(=O)N1CCC[C@H]1c1ncc(-c2ccc(-c3ccc(-c4cnc([C@@H]5CCCN5C(=O)[C@@H](NC(=O)O)C(C)C)[nH]4)cc3)cc2)[nH]1)c1ccccc1. The van der Waals surface area contributed by atoms with Gasteiger partial charge in [-0.05, 0) is 73.0 Å². The first-order valence-corrected chi connectivity index (χ1v) is 19.3. The Kier molecular flexibility index (Phi) is 11.1. The molecule has 55 heavy (non-hydrogen) atoms. The van der Waals surface area contributed by atoms with Crippen molar-refractivity contribution in [2.75, 3.05) is 26.7 Å². The predicted octanol–water partition coefficient (Wildman–Crippen LogP) is 7.45. The number of aromatic amines is 2. The molecule has 286 valence electrons.